The van der Waals surface area contributed by atoms with Gasteiger partial charge in [0.15, 0.2) is 0 Å². The maximum atomic E-state index is 5.36. The third kappa shape index (κ3) is 6.20. The Morgan fingerprint density at radius 1 is 1.65 bits per heavy atom. The summed E-state index contributed by atoms with van der Waals surface area (Å²) in [6, 6.07) is 0. The molecule has 17 heavy (non-hydrogen) atoms. The minimum atomic E-state index is 0.608. The summed E-state index contributed by atoms with van der Waals surface area (Å²) >= 11 is 1.60. The van der Waals surface area contributed by atoms with Gasteiger partial charge in [-0.3, -0.25) is 10.4 Å². The molecular weight excluding hydrogens is 238 g/mol. The van der Waals surface area contributed by atoms with Gasteiger partial charge in [0, 0.05) is 38.6 Å². The lowest BCUT2D eigenvalue weighted by atomic mass is 10.3. The number of methoxy groups -OCH3 is 1. The summed E-state index contributed by atoms with van der Waals surface area (Å²) in [6.45, 7) is 2.16. The molecule has 0 aliphatic heterocycles. The van der Waals surface area contributed by atoms with Gasteiger partial charge in [0.2, 0.25) is 5.96 Å². The third-order valence-electron chi connectivity index (χ3n) is 2.07. The van der Waals surface area contributed by atoms with Crippen molar-refractivity contribution >= 4 is 17.3 Å². The van der Waals surface area contributed by atoms with Crippen LogP contribution in [0.3, 0.4) is 0 Å². The fourth-order valence-corrected chi connectivity index (χ4v) is 1.82. The van der Waals surface area contributed by atoms with Crippen LogP contribution in [0.4, 0.5) is 0 Å². The first-order valence-electron chi connectivity index (χ1n) is 5.47. The van der Waals surface area contributed by atoms with E-state index >= 15 is 0 Å². The van der Waals surface area contributed by atoms with Crippen molar-refractivity contribution in [2.24, 2.45) is 10.8 Å². The number of nitrogens with two attached hydrogens (primary N) is 1. The maximum Gasteiger partial charge on any atom is 0.205 e. The van der Waals surface area contributed by atoms with E-state index in [1.165, 1.54) is 0 Å². The molecule has 1 heterocycles. The summed E-state index contributed by atoms with van der Waals surface area (Å²) in [5.74, 6) is 5.97. The van der Waals surface area contributed by atoms with Crippen LogP contribution in [-0.2, 0) is 11.2 Å². The van der Waals surface area contributed by atoms with Crippen LogP contribution >= 0.6 is 11.3 Å². The van der Waals surface area contributed by atoms with E-state index in [9.17, 15) is 0 Å². The number of nitrogens with one attached hydrogen (secondary N) is 2. The SMILES string of the molecule is COCCCN=C(NN)NCCc1cscn1. The largest absolute Gasteiger partial charge is 0.385 e. The lowest BCUT2D eigenvalue weighted by molar-refractivity contribution is 0.197. The van der Waals surface area contributed by atoms with E-state index < -0.39 is 0 Å². The molecule has 0 saturated carbocycles. The van der Waals surface area contributed by atoms with Crippen molar-refractivity contribution in [3.05, 3.63) is 16.6 Å². The molecule has 0 aliphatic carbocycles. The van der Waals surface area contributed by atoms with E-state index in [0.717, 1.165) is 25.1 Å². The second-order valence-corrected chi connectivity index (χ2v) is 4.10. The van der Waals surface area contributed by atoms with Crippen LogP contribution in [0.5, 0.6) is 0 Å². The lowest BCUT2D eigenvalue weighted by Crippen LogP contribution is -2.42. The molecule has 1 aromatic heterocycles. The first-order chi connectivity index (χ1) is 8.36. The van der Waals surface area contributed by atoms with Gasteiger partial charge in [-0.05, 0) is 6.42 Å². The summed E-state index contributed by atoms with van der Waals surface area (Å²) in [4.78, 5) is 8.47. The number of thiazole rings is 1. The first kappa shape index (κ1) is 13.9. The van der Waals surface area contributed by atoms with Gasteiger partial charge in [0.25, 0.3) is 0 Å². The Balaban J connectivity index is 2.17. The number of aromatic nitrogens is 1. The molecule has 0 saturated heterocycles. The molecule has 0 radical (unpaired) electrons. The molecule has 1 rings (SSSR count). The molecule has 0 fully saturated rings. The number of ether oxygens (including phenoxy) is 1. The van der Waals surface area contributed by atoms with Gasteiger partial charge in [0.05, 0.1) is 11.2 Å². The van der Waals surface area contributed by atoms with Crippen LogP contribution in [0.1, 0.15) is 12.1 Å². The maximum absolute atomic E-state index is 5.36. The first-order valence-corrected chi connectivity index (χ1v) is 6.42. The van der Waals surface area contributed by atoms with Crippen molar-refractivity contribution in [2.45, 2.75) is 12.8 Å². The molecule has 0 amide bonds. The van der Waals surface area contributed by atoms with Crippen molar-refractivity contribution in [2.75, 3.05) is 26.8 Å². The van der Waals surface area contributed by atoms with Crippen molar-refractivity contribution in [1.29, 1.82) is 0 Å². The van der Waals surface area contributed by atoms with Crippen LogP contribution in [0, 0.1) is 0 Å². The van der Waals surface area contributed by atoms with Crippen molar-refractivity contribution in [3.63, 3.8) is 0 Å². The predicted molar refractivity (Wildman–Crippen MR) is 69.9 cm³/mol. The lowest BCUT2D eigenvalue weighted by Gasteiger charge is -2.08. The van der Waals surface area contributed by atoms with E-state index in [1.807, 2.05) is 10.9 Å². The minimum absolute atomic E-state index is 0.608. The zero-order valence-corrected chi connectivity index (χ0v) is 10.8. The average molecular weight is 257 g/mol. The standard InChI is InChI=1S/C10H19N5OS/c1-16-6-2-4-12-10(15-11)13-5-3-9-7-17-8-14-9/h7-8H,2-6,11H2,1H3,(H2,12,13,15). The highest BCUT2D eigenvalue weighted by Crippen LogP contribution is 2.00. The van der Waals surface area contributed by atoms with E-state index in [-0.39, 0.29) is 0 Å². The quantitative estimate of drug-likeness (QED) is 0.213. The van der Waals surface area contributed by atoms with Gasteiger partial charge in [0.1, 0.15) is 0 Å². The average Bonchev–Trinajstić information content (AvgIpc) is 2.85. The molecule has 0 atom stereocenters. The highest BCUT2D eigenvalue weighted by molar-refractivity contribution is 7.07. The third-order valence-corrected chi connectivity index (χ3v) is 2.71. The van der Waals surface area contributed by atoms with Crippen LogP contribution in [0.25, 0.3) is 0 Å². The molecule has 6 nitrogen and oxygen atoms in total. The highest BCUT2D eigenvalue weighted by Gasteiger charge is 1.97. The Morgan fingerprint density at radius 3 is 3.18 bits per heavy atom. The predicted octanol–water partition coefficient (Wildman–Crippen LogP) is 0.131. The van der Waals surface area contributed by atoms with Gasteiger partial charge in [-0.1, -0.05) is 0 Å². The van der Waals surface area contributed by atoms with Crippen molar-refractivity contribution in [3.8, 4) is 0 Å². The van der Waals surface area contributed by atoms with Crippen LogP contribution in [-0.4, -0.2) is 37.7 Å². The Kier molecular flexibility index (Phi) is 7.28. The normalized spacial score (nSPS) is 11.5. The smallest absolute Gasteiger partial charge is 0.205 e. The number of hydrogen-bond acceptors (Lipinski definition) is 5. The number of rotatable bonds is 7. The molecule has 1 aromatic rings. The molecule has 0 bridgehead atoms. The van der Waals surface area contributed by atoms with Crippen molar-refractivity contribution < 1.29 is 4.74 Å². The topological polar surface area (TPSA) is 84.6 Å². The van der Waals surface area contributed by atoms with Gasteiger partial charge >= 0.3 is 0 Å². The summed E-state index contributed by atoms with van der Waals surface area (Å²) in [7, 11) is 1.68. The summed E-state index contributed by atoms with van der Waals surface area (Å²) in [5, 5.41) is 5.16. The molecule has 4 N–H and O–H groups in total. The second kappa shape index (κ2) is 8.91. The van der Waals surface area contributed by atoms with Crippen molar-refractivity contribution in [1.82, 2.24) is 15.7 Å². The molecule has 0 aliphatic rings. The Labute approximate surface area is 105 Å². The number of aliphatic imine (C=N–C) groups is 1. The number of hydrazine groups is 1. The van der Waals surface area contributed by atoms with Gasteiger partial charge in [-0.15, -0.1) is 11.3 Å². The van der Waals surface area contributed by atoms with E-state index in [1.54, 1.807) is 18.4 Å². The number of nitrogens with zero attached hydrogens (tertiary/aromatic N) is 2. The molecule has 7 heteroatoms. The zero-order valence-electron chi connectivity index (χ0n) is 9.98. The Hall–Kier alpha value is -1.18. The zero-order chi connectivity index (χ0) is 12.3. The molecular formula is C10H19N5OS. The molecule has 96 valence electrons. The van der Waals surface area contributed by atoms with Gasteiger partial charge < -0.3 is 10.1 Å². The Morgan fingerprint density at radius 2 is 2.53 bits per heavy atom. The molecule has 0 unspecified atom stereocenters. The number of guanidine groups is 1. The minimum Gasteiger partial charge on any atom is -0.385 e. The van der Waals surface area contributed by atoms with Gasteiger partial charge in [-0.2, -0.15) is 0 Å². The van der Waals surface area contributed by atoms with Gasteiger partial charge in [-0.25, -0.2) is 10.8 Å². The van der Waals surface area contributed by atoms with Crippen LogP contribution in [0.15, 0.2) is 15.9 Å². The fraction of sp³-hybridized carbons (Fsp3) is 0.600. The van der Waals surface area contributed by atoms with Crippen LogP contribution < -0.4 is 16.6 Å². The fourth-order valence-electron chi connectivity index (χ4n) is 1.22. The number of hydrogen-bond donors (Lipinski definition) is 3. The second-order valence-electron chi connectivity index (χ2n) is 3.38. The molecule has 0 spiro atoms. The Bertz CT molecular complexity index is 315. The van der Waals surface area contributed by atoms with E-state index in [0.29, 0.717) is 19.1 Å². The van der Waals surface area contributed by atoms with E-state index in [4.69, 9.17) is 10.6 Å². The van der Waals surface area contributed by atoms with E-state index in [2.05, 4.69) is 20.7 Å². The molecule has 0 aromatic carbocycles. The summed E-state index contributed by atoms with van der Waals surface area (Å²) < 4.78 is 4.94. The summed E-state index contributed by atoms with van der Waals surface area (Å²) in [6.07, 6.45) is 1.75. The summed E-state index contributed by atoms with van der Waals surface area (Å²) in [5.41, 5.74) is 5.45. The highest BCUT2D eigenvalue weighted by atomic mass is 32.1. The van der Waals surface area contributed by atoms with Crippen LogP contribution in [0.2, 0.25) is 0 Å². The monoisotopic (exact) mass is 257 g/mol.